The van der Waals surface area contributed by atoms with Crippen molar-refractivity contribution >= 4 is 28.7 Å². The highest BCUT2D eigenvalue weighted by atomic mass is 15.3. The van der Waals surface area contributed by atoms with Crippen LogP contribution in [0.25, 0.3) is 11.0 Å². The summed E-state index contributed by atoms with van der Waals surface area (Å²) in [5.41, 5.74) is 6.40. The number of azo groups is 1. The molecule has 1 heterocycles. The van der Waals surface area contributed by atoms with Crippen LogP contribution in [0.15, 0.2) is 70.2 Å². The number of benzene rings is 2. The summed E-state index contributed by atoms with van der Waals surface area (Å²) in [5, 5.41) is 11.8. The Hall–Kier alpha value is -3.02. The Labute approximate surface area is 115 Å². The van der Waals surface area contributed by atoms with E-state index in [1.807, 2.05) is 48.5 Å². The predicted molar refractivity (Wildman–Crippen MR) is 79.2 cm³/mol. The van der Waals surface area contributed by atoms with Gasteiger partial charge >= 0.3 is 0 Å². The van der Waals surface area contributed by atoms with Crippen LogP contribution in [-0.2, 0) is 0 Å². The topological polar surface area (TPSA) is 77.8 Å². The van der Waals surface area contributed by atoms with Crippen molar-refractivity contribution in [2.45, 2.75) is 0 Å². The van der Waals surface area contributed by atoms with E-state index in [9.17, 15) is 0 Å². The van der Waals surface area contributed by atoms with E-state index >= 15 is 0 Å². The minimum atomic E-state index is 0.790. The largest absolute Gasteiger partial charge is 0.345 e. The van der Waals surface area contributed by atoms with Gasteiger partial charge in [0.05, 0.1) is 28.7 Å². The van der Waals surface area contributed by atoms with Crippen LogP contribution < -0.4 is 5.43 Å². The Morgan fingerprint density at radius 2 is 2.00 bits per heavy atom. The molecule has 6 heteroatoms. The molecule has 1 aromatic heterocycles. The van der Waals surface area contributed by atoms with Crippen LogP contribution in [0.5, 0.6) is 0 Å². The number of hydrazone groups is 1. The Balaban J connectivity index is 1.61. The highest BCUT2D eigenvalue weighted by Crippen LogP contribution is 2.15. The highest BCUT2D eigenvalue weighted by molar-refractivity contribution is 5.78. The quantitative estimate of drug-likeness (QED) is 0.326. The molecule has 0 radical (unpaired) electrons. The Morgan fingerprint density at radius 3 is 2.90 bits per heavy atom. The average Bonchev–Trinajstić information content (AvgIpc) is 2.95. The fourth-order valence-corrected chi connectivity index (χ4v) is 1.72. The molecule has 0 spiro atoms. The summed E-state index contributed by atoms with van der Waals surface area (Å²) in [6.45, 7) is 0. The second kappa shape index (κ2) is 5.75. The molecule has 3 rings (SSSR count). The standard InChI is InChI=1S/C14H12N6/c1-2-4-11(5-3-1)19-17-10-18-20-12-6-7-13-14(8-12)16-9-15-13/h1-10,20H,(H,15,16)/b18-10+,19-17?. The Bertz CT molecular complexity index is 744. The number of nitrogens with one attached hydrogen (secondary N) is 2. The predicted octanol–water partition coefficient (Wildman–Crippen LogP) is 3.70. The zero-order valence-corrected chi connectivity index (χ0v) is 10.6. The van der Waals surface area contributed by atoms with Gasteiger partial charge in [-0.25, -0.2) is 4.98 Å². The number of nitrogens with zero attached hydrogens (tertiary/aromatic N) is 4. The lowest BCUT2D eigenvalue weighted by molar-refractivity contribution is 1.26. The number of rotatable bonds is 4. The molecule has 2 N–H and O–H groups in total. The van der Waals surface area contributed by atoms with Crippen molar-refractivity contribution in [3.05, 3.63) is 54.9 Å². The molecule has 0 unspecified atom stereocenters. The van der Waals surface area contributed by atoms with E-state index in [2.05, 4.69) is 30.7 Å². The normalized spacial score (nSPS) is 11.6. The summed E-state index contributed by atoms with van der Waals surface area (Å²) in [7, 11) is 0. The minimum Gasteiger partial charge on any atom is -0.345 e. The zero-order chi connectivity index (χ0) is 13.6. The van der Waals surface area contributed by atoms with Crippen LogP contribution in [0.4, 0.5) is 11.4 Å². The van der Waals surface area contributed by atoms with Gasteiger partial charge < -0.3 is 4.98 Å². The molecule has 0 fully saturated rings. The van der Waals surface area contributed by atoms with Gasteiger partial charge in [-0.1, -0.05) is 18.2 Å². The third-order valence-electron chi connectivity index (χ3n) is 2.65. The second-order valence-electron chi connectivity index (χ2n) is 4.04. The maximum absolute atomic E-state index is 4.15. The zero-order valence-electron chi connectivity index (χ0n) is 10.6. The summed E-state index contributed by atoms with van der Waals surface area (Å²) in [5.74, 6) is 0. The van der Waals surface area contributed by atoms with Gasteiger partial charge in [-0.2, -0.15) is 5.10 Å². The van der Waals surface area contributed by atoms with Gasteiger partial charge in [0, 0.05) is 0 Å². The Kier molecular flexibility index (Phi) is 3.46. The molecule has 0 saturated heterocycles. The SMILES string of the molecule is C(/N=Nc1ccccc1)=N\Nc1ccc2nc[nH]c2c1. The lowest BCUT2D eigenvalue weighted by Gasteiger charge is -1.98. The van der Waals surface area contributed by atoms with Crippen LogP contribution in [0.1, 0.15) is 0 Å². The first-order valence-electron chi connectivity index (χ1n) is 6.08. The van der Waals surface area contributed by atoms with Crippen molar-refractivity contribution < 1.29 is 0 Å². The van der Waals surface area contributed by atoms with Crippen molar-refractivity contribution in [2.24, 2.45) is 15.3 Å². The van der Waals surface area contributed by atoms with Crippen LogP contribution in [0, 0.1) is 0 Å². The first kappa shape index (κ1) is 12.0. The molecular formula is C14H12N6. The molecule has 2 aromatic carbocycles. The third kappa shape index (κ3) is 2.86. The number of H-pyrrole nitrogens is 1. The number of fused-ring (bicyclic) bond motifs is 1. The molecule has 0 aliphatic heterocycles. The molecule has 0 atom stereocenters. The maximum Gasteiger partial charge on any atom is 0.158 e. The van der Waals surface area contributed by atoms with E-state index in [4.69, 9.17) is 0 Å². The summed E-state index contributed by atoms with van der Waals surface area (Å²) in [4.78, 5) is 7.19. The summed E-state index contributed by atoms with van der Waals surface area (Å²) >= 11 is 0. The van der Waals surface area contributed by atoms with Gasteiger partial charge in [0.2, 0.25) is 0 Å². The van der Waals surface area contributed by atoms with Crippen LogP contribution in [0.2, 0.25) is 0 Å². The highest BCUT2D eigenvalue weighted by Gasteiger charge is 1.96. The number of imidazole rings is 1. The summed E-state index contributed by atoms with van der Waals surface area (Å²) < 4.78 is 0. The maximum atomic E-state index is 4.15. The average molecular weight is 264 g/mol. The van der Waals surface area contributed by atoms with Gasteiger partial charge in [-0.05, 0) is 30.3 Å². The minimum absolute atomic E-state index is 0.790. The molecule has 0 saturated carbocycles. The van der Waals surface area contributed by atoms with Crippen LogP contribution in [0.3, 0.4) is 0 Å². The van der Waals surface area contributed by atoms with Crippen LogP contribution >= 0.6 is 0 Å². The molecule has 20 heavy (non-hydrogen) atoms. The fourth-order valence-electron chi connectivity index (χ4n) is 1.72. The number of hydrogen-bond acceptors (Lipinski definition) is 4. The van der Waals surface area contributed by atoms with Gasteiger partial charge in [0.1, 0.15) is 0 Å². The summed E-state index contributed by atoms with van der Waals surface area (Å²) in [6.07, 6.45) is 3.02. The number of aromatic amines is 1. The number of aromatic nitrogens is 2. The summed E-state index contributed by atoms with van der Waals surface area (Å²) in [6, 6.07) is 15.2. The van der Waals surface area contributed by atoms with Gasteiger partial charge in [-0.15, -0.1) is 10.2 Å². The Morgan fingerprint density at radius 1 is 1.10 bits per heavy atom. The van der Waals surface area contributed by atoms with Crippen molar-refractivity contribution in [3.63, 3.8) is 0 Å². The smallest absolute Gasteiger partial charge is 0.158 e. The van der Waals surface area contributed by atoms with Crippen LogP contribution in [-0.4, -0.2) is 16.3 Å². The van der Waals surface area contributed by atoms with E-state index in [0.29, 0.717) is 0 Å². The van der Waals surface area contributed by atoms with E-state index in [1.54, 1.807) is 6.33 Å². The monoisotopic (exact) mass is 264 g/mol. The molecule has 6 nitrogen and oxygen atoms in total. The van der Waals surface area contributed by atoms with E-state index in [0.717, 1.165) is 22.4 Å². The molecule has 0 aliphatic carbocycles. The van der Waals surface area contributed by atoms with Gasteiger partial charge in [-0.3, -0.25) is 5.43 Å². The van der Waals surface area contributed by atoms with Crippen molar-refractivity contribution in [1.29, 1.82) is 0 Å². The molecular weight excluding hydrogens is 252 g/mol. The lowest BCUT2D eigenvalue weighted by Crippen LogP contribution is -1.87. The fraction of sp³-hybridized carbons (Fsp3) is 0. The molecule has 0 amide bonds. The first-order valence-corrected chi connectivity index (χ1v) is 6.08. The van der Waals surface area contributed by atoms with Gasteiger partial charge in [0.25, 0.3) is 0 Å². The molecule has 98 valence electrons. The third-order valence-corrected chi connectivity index (χ3v) is 2.65. The van der Waals surface area contributed by atoms with Crippen molar-refractivity contribution in [2.75, 3.05) is 5.43 Å². The van der Waals surface area contributed by atoms with Crippen molar-refractivity contribution in [1.82, 2.24) is 9.97 Å². The van der Waals surface area contributed by atoms with E-state index in [-0.39, 0.29) is 0 Å². The van der Waals surface area contributed by atoms with Crippen molar-refractivity contribution in [3.8, 4) is 0 Å². The van der Waals surface area contributed by atoms with E-state index in [1.165, 1.54) is 6.34 Å². The first-order chi connectivity index (χ1) is 9.92. The van der Waals surface area contributed by atoms with E-state index < -0.39 is 0 Å². The number of hydrogen-bond donors (Lipinski definition) is 2. The second-order valence-corrected chi connectivity index (χ2v) is 4.04. The molecule has 0 aliphatic rings. The molecule has 0 bridgehead atoms. The van der Waals surface area contributed by atoms with Gasteiger partial charge in [0.15, 0.2) is 6.34 Å². The molecule has 3 aromatic rings. The number of anilines is 1. The lowest BCUT2D eigenvalue weighted by atomic mass is 10.3.